The van der Waals surface area contributed by atoms with Gasteiger partial charge in [0, 0.05) is 33.4 Å². The zero-order chi connectivity index (χ0) is 35.8. The molecule has 0 saturated carbocycles. The van der Waals surface area contributed by atoms with Crippen molar-refractivity contribution < 1.29 is 33.6 Å². The largest absolute Gasteiger partial charge is 0.490 e. The predicted octanol–water partition coefficient (Wildman–Crippen LogP) is 5.85. The van der Waals surface area contributed by atoms with Gasteiger partial charge < -0.3 is 39.3 Å². The molecule has 0 radical (unpaired) electrons. The summed E-state index contributed by atoms with van der Waals surface area (Å²) in [6.45, 7) is 8.11. The second kappa shape index (κ2) is 16.3. The van der Waals surface area contributed by atoms with E-state index in [9.17, 15) is 14.7 Å². The third-order valence-electron chi connectivity index (χ3n) is 7.98. The number of halogens is 1. The lowest BCUT2D eigenvalue weighted by atomic mass is 9.95. The number of aromatic nitrogens is 1. The summed E-state index contributed by atoms with van der Waals surface area (Å²) in [5.74, 6) is 0.934. The quantitative estimate of drug-likeness (QED) is 0.0555. The number of allylic oxidation sites excluding steroid dienone is 1. The number of ether oxygens (including phenoxy) is 4. The molecule has 0 bridgehead atoms. The van der Waals surface area contributed by atoms with Gasteiger partial charge in [0.25, 0.3) is 0 Å². The van der Waals surface area contributed by atoms with Crippen LogP contribution in [0.4, 0.5) is 4.79 Å². The number of nitrogens with one attached hydrogen (secondary N) is 3. The third-order valence-corrected chi connectivity index (χ3v) is 8.24. The van der Waals surface area contributed by atoms with Gasteiger partial charge in [-0.05, 0) is 93.4 Å². The highest BCUT2D eigenvalue weighted by Gasteiger charge is 2.32. The van der Waals surface area contributed by atoms with Crippen molar-refractivity contribution in [3.63, 3.8) is 0 Å². The number of aryl methyl sites for hydroxylation is 1. The smallest absolute Gasteiger partial charge is 0.337 e. The highest BCUT2D eigenvalue weighted by molar-refractivity contribution is 6.30. The molecule has 2 heterocycles. The number of amides is 2. The maximum atomic E-state index is 12.5. The number of esters is 1. The molecule has 0 saturated heterocycles. The number of aliphatic hydroxyl groups excluding tert-OH is 1. The molecule has 2 atom stereocenters. The second-order valence-corrected chi connectivity index (χ2v) is 11.9. The minimum Gasteiger partial charge on any atom is -0.490 e. The molecule has 262 valence electrons. The number of hydrogen-bond donors (Lipinski definition) is 4. The minimum atomic E-state index is -1.13. The summed E-state index contributed by atoms with van der Waals surface area (Å²) >= 11 is 5.97. The molecular weight excluding hydrogens is 662 g/mol. The number of aliphatic hydroxyl groups is 1. The van der Waals surface area contributed by atoms with Crippen molar-refractivity contribution in [2.24, 2.45) is 5.10 Å². The molecule has 0 fully saturated rings. The van der Waals surface area contributed by atoms with Crippen molar-refractivity contribution >= 4 is 29.8 Å². The standard InChI is InChI=1S/C37H40ClN5O7/c1-6-48-32-18-26(35-34(36(45)47-5)23(3)40-37(46)41-35)9-16-31(32)50-21-33(44)42-39-19-27-17-22(2)43(24(27)4)29-12-14-30(15-13-29)49-20-25-7-10-28(38)11-8-25/h7-19,33,35,42,44H,6,20-21H2,1-5H3,(H2,40,41,46)/b39-19+/t33-,35-/m0/s1. The first-order valence-corrected chi connectivity index (χ1v) is 16.3. The first-order valence-electron chi connectivity index (χ1n) is 16.0. The van der Waals surface area contributed by atoms with E-state index in [1.807, 2.05) is 75.4 Å². The molecule has 3 aromatic carbocycles. The van der Waals surface area contributed by atoms with E-state index >= 15 is 0 Å². The monoisotopic (exact) mass is 701 g/mol. The van der Waals surface area contributed by atoms with Crippen LogP contribution in [-0.2, 0) is 16.1 Å². The van der Waals surface area contributed by atoms with E-state index in [2.05, 4.69) is 25.7 Å². The summed E-state index contributed by atoms with van der Waals surface area (Å²) in [6.07, 6.45) is 0.512. The van der Waals surface area contributed by atoms with Gasteiger partial charge in [-0.15, -0.1) is 0 Å². The molecule has 2 amide bonds. The van der Waals surface area contributed by atoms with Crippen LogP contribution < -0.4 is 30.3 Å². The van der Waals surface area contributed by atoms with Crippen molar-refractivity contribution in [1.29, 1.82) is 0 Å². The van der Waals surface area contributed by atoms with Gasteiger partial charge in [-0.2, -0.15) is 5.10 Å². The maximum absolute atomic E-state index is 12.5. The van der Waals surface area contributed by atoms with E-state index in [1.165, 1.54) is 7.11 Å². The van der Waals surface area contributed by atoms with Gasteiger partial charge in [0.05, 0.1) is 31.5 Å². The lowest BCUT2D eigenvalue weighted by Crippen LogP contribution is -2.45. The lowest BCUT2D eigenvalue weighted by molar-refractivity contribution is -0.136. The van der Waals surface area contributed by atoms with Crippen molar-refractivity contribution in [3.8, 4) is 22.9 Å². The fourth-order valence-electron chi connectivity index (χ4n) is 5.57. The number of nitrogens with zero attached hydrogens (tertiary/aromatic N) is 2. The van der Waals surface area contributed by atoms with E-state index in [0.29, 0.717) is 41.0 Å². The maximum Gasteiger partial charge on any atom is 0.337 e. The lowest BCUT2D eigenvalue weighted by Gasteiger charge is -2.28. The molecule has 5 rings (SSSR count). The number of rotatable bonds is 14. The van der Waals surface area contributed by atoms with Crippen LogP contribution in [0.1, 0.15) is 48.0 Å². The molecule has 0 unspecified atom stereocenters. The number of hydrazone groups is 1. The summed E-state index contributed by atoms with van der Waals surface area (Å²) in [4.78, 5) is 24.7. The fourth-order valence-corrected chi connectivity index (χ4v) is 5.70. The van der Waals surface area contributed by atoms with Gasteiger partial charge in [0.1, 0.15) is 19.0 Å². The number of benzene rings is 3. The molecule has 50 heavy (non-hydrogen) atoms. The Bertz CT molecular complexity index is 1890. The molecule has 4 N–H and O–H groups in total. The Morgan fingerprint density at radius 2 is 1.76 bits per heavy atom. The Balaban J connectivity index is 1.19. The molecule has 0 spiro atoms. The molecule has 1 aliphatic rings. The van der Waals surface area contributed by atoms with Crippen LogP contribution in [0.25, 0.3) is 5.69 Å². The van der Waals surface area contributed by atoms with Crippen molar-refractivity contribution in [3.05, 3.63) is 117 Å². The molecule has 13 heteroatoms. The number of carbonyl (C=O) groups is 2. The molecule has 0 aliphatic carbocycles. The zero-order valence-electron chi connectivity index (χ0n) is 28.5. The Morgan fingerprint density at radius 1 is 1.02 bits per heavy atom. The number of hydrogen-bond acceptors (Lipinski definition) is 9. The average Bonchev–Trinajstić information content (AvgIpc) is 3.38. The van der Waals surface area contributed by atoms with E-state index < -0.39 is 24.3 Å². The average molecular weight is 702 g/mol. The van der Waals surface area contributed by atoms with E-state index in [-0.39, 0.29) is 12.2 Å². The van der Waals surface area contributed by atoms with E-state index in [4.69, 9.17) is 30.5 Å². The first kappa shape index (κ1) is 35.8. The van der Waals surface area contributed by atoms with Crippen LogP contribution in [0.2, 0.25) is 5.02 Å². The molecule has 12 nitrogen and oxygen atoms in total. The third kappa shape index (κ3) is 8.57. The summed E-state index contributed by atoms with van der Waals surface area (Å²) in [5.41, 5.74) is 8.83. The van der Waals surface area contributed by atoms with Crippen molar-refractivity contribution in [1.82, 2.24) is 20.6 Å². The number of carbonyl (C=O) groups excluding carboxylic acids is 2. The van der Waals surface area contributed by atoms with Crippen LogP contribution in [0.15, 0.2) is 89.2 Å². The van der Waals surface area contributed by atoms with Gasteiger partial charge in [-0.1, -0.05) is 29.8 Å². The summed E-state index contributed by atoms with van der Waals surface area (Å²) in [6, 6.07) is 21.3. The fraction of sp³-hybridized carbons (Fsp3) is 0.270. The molecular formula is C37H40ClN5O7. The van der Waals surface area contributed by atoms with Crippen LogP contribution in [-0.4, -0.2) is 54.4 Å². The van der Waals surface area contributed by atoms with Gasteiger partial charge in [0.15, 0.2) is 17.7 Å². The van der Waals surface area contributed by atoms with Gasteiger partial charge in [-0.25, -0.2) is 9.59 Å². The Kier molecular flexibility index (Phi) is 11.7. The highest BCUT2D eigenvalue weighted by Crippen LogP contribution is 2.35. The van der Waals surface area contributed by atoms with E-state index in [0.717, 1.165) is 34.0 Å². The summed E-state index contributed by atoms with van der Waals surface area (Å²) in [7, 11) is 1.28. The summed E-state index contributed by atoms with van der Waals surface area (Å²) in [5, 5.41) is 20.9. The van der Waals surface area contributed by atoms with E-state index in [1.54, 1.807) is 31.3 Å². The Morgan fingerprint density at radius 3 is 2.46 bits per heavy atom. The molecule has 4 aromatic rings. The Hall–Kier alpha value is -5.46. The van der Waals surface area contributed by atoms with Gasteiger partial charge in [-0.3, -0.25) is 5.43 Å². The van der Waals surface area contributed by atoms with Crippen LogP contribution in [0, 0.1) is 13.8 Å². The second-order valence-electron chi connectivity index (χ2n) is 11.5. The van der Waals surface area contributed by atoms with Crippen LogP contribution >= 0.6 is 11.6 Å². The highest BCUT2D eigenvalue weighted by atomic mass is 35.5. The van der Waals surface area contributed by atoms with Gasteiger partial charge >= 0.3 is 12.0 Å². The van der Waals surface area contributed by atoms with Crippen LogP contribution in [0.5, 0.6) is 17.2 Å². The first-order chi connectivity index (χ1) is 24.1. The zero-order valence-corrected chi connectivity index (χ0v) is 29.2. The number of urea groups is 1. The van der Waals surface area contributed by atoms with Crippen LogP contribution in [0.3, 0.4) is 0 Å². The minimum absolute atomic E-state index is 0.140. The topological polar surface area (TPSA) is 145 Å². The number of methoxy groups -OCH3 is 1. The van der Waals surface area contributed by atoms with Crippen molar-refractivity contribution in [2.45, 2.75) is 46.6 Å². The molecule has 1 aromatic heterocycles. The molecule has 1 aliphatic heterocycles. The normalized spacial score (nSPS) is 14.9. The van der Waals surface area contributed by atoms with Crippen molar-refractivity contribution in [2.75, 3.05) is 20.3 Å². The summed E-state index contributed by atoms with van der Waals surface area (Å²) < 4.78 is 24.6. The predicted molar refractivity (Wildman–Crippen MR) is 190 cm³/mol. The SMILES string of the molecule is CCOc1cc([C@@H]2NC(=O)NC(C)=C2C(=O)OC)ccc1OC[C@H](O)N/N=C/c1cc(C)n(-c2ccc(OCc3ccc(Cl)cc3)cc2)c1C. The Labute approximate surface area is 295 Å². The van der Waals surface area contributed by atoms with Gasteiger partial charge in [0.2, 0.25) is 0 Å².